The third kappa shape index (κ3) is 2.04. The fourth-order valence-electron chi connectivity index (χ4n) is 1.56. The molecule has 0 amide bonds. The van der Waals surface area contributed by atoms with Crippen LogP contribution in [0, 0.1) is 0 Å². The van der Waals surface area contributed by atoms with E-state index in [1.807, 2.05) is 11.8 Å². The van der Waals surface area contributed by atoms with Crippen LogP contribution in [-0.2, 0) is 0 Å². The van der Waals surface area contributed by atoms with Gasteiger partial charge in [-0.25, -0.2) is 0 Å². The summed E-state index contributed by atoms with van der Waals surface area (Å²) in [6, 6.07) is 8.63. The Hall–Kier alpha value is -0.280. The number of anilines is 1. The van der Waals surface area contributed by atoms with Gasteiger partial charge in [0.2, 0.25) is 0 Å². The van der Waals surface area contributed by atoms with E-state index in [-0.39, 0.29) is 19.0 Å². The summed E-state index contributed by atoms with van der Waals surface area (Å²) in [7, 11) is 0. The van der Waals surface area contributed by atoms with E-state index in [1.54, 1.807) is 0 Å². The number of para-hydroxylation sites is 1. The zero-order valence-corrected chi connectivity index (χ0v) is 10.7. The smallest absolute Gasteiger partial charge is 0.0692 e. The van der Waals surface area contributed by atoms with E-state index < -0.39 is 0 Å². The van der Waals surface area contributed by atoms with E-state index in [9.17, 15) is 0 Å². The number of nitrogens with zero attached hydrogens (tertiary/aromatic N) is 1. The third-order valence-electron chi connectivity index (χ3n) is 2.31. The maximum absolute atomic E-state index is 2.45. The van der Waals surface area contributed by atoms with E-state index in [1.165, 1.54) is 10.6 Å². The zero-order valence-electron chi connectivity index (χ0n) is 8.87. The molecule has 0 atom stereocenters. The first-order valence-electron chi connectivity index (χ1n) is 4.58. The van der Waals surface area contributed by atoms with Crippen molar-refractivity contribution in [1.29, 1.82) is 0 Å². The average Bonchev–Trinajstić information content (AvgIpc) is 2.45. The first kappa shape index (κ1) is 11.8. The van der Waals surface area contributed by atoms with Crippen molar-refractivity contribution >= 4 is 30.9 Å². The number of hydrogen-bond acceptors (Lipinski definition) is 2. The molecule has 1 aromatic rings. The van der Waals surface area contributed by atoms with Crippen molar-refractivity contribution in [2.75, 3.05) is 10.8 Å². The zero-order chi connectivity index (χ0) is 9.47. The van der Waals surface area contributed by atoms with Crippen molar-refractivity contribution < 1.29 is 0 Å². The van der Waals surface area contributed by atoms with Gasteiger partial charge in [0.15, 0.2) is 0 Å². The summed E-state index contributed by atoms with van der Waals surface area (Å²) in [6.45, 7) is 6.78. The Kier molecular flexibility index (Phi) is 3.43. The Morgan fingerprint density at radius 1 is 1.21 bits per heavy atom. The minimum atomic E-state index is 0. The van der Waals surface area contributed by atoms with E-state index in [4.69, 9.17) is 0 Å². The first-order chi connectivity index (χ1) is 6.09. The molecule has 0 fully saturated rings. The molecule has 3 heteroatoms. The summed E-state index contributed by atoms with van der Waals surface area (Å²) < 4.78 is 0. The average molecular weight is 227 g/mol. The normalized spacial score (nSPS) is 14.9. The lowest BCUT2D eigenvalue weighted by atomic mass is 10.1. The van der Waals surface area contributed by atoms with Crippen LogP contribution in [0.5, 0.6) is 0 Å². The van der Waals surface area contributed by atoms with Gasteiger partial charge in [0.25, 0.3) is 0 Å². The van der Waals surface area contributed by atoms with Crippen LogP contribution in [0.1, 0.15) is 20.8 Å². The van der Waals surface area contributed by atoms with E-state index >= 15 is 0 Å². The molecule has 0 unspecified atom stereocenters. The van der Waals surface area contributed by atoms with E-state index in [0.29, 0.717) is 0 Å². The molecule has 0 saturated carbocycles. The van der Waals surface area contributed by atoms with Crippen molar-refractivity contribution in [2.45, 2.75) is 31.2 Å². The monoisotopic (exact) mass is 227 g/mol. The Bertz CT molecular complexity index is 317. The molecule has 78 valence electrons. The summed E-state index contributed by atoms with van der Waals surface area (Å²) in [4.78, 5) is 3.87. The molecule has 1 nitrogen and oxygen atoms in total. The van der Waals surface area contributed by atoms with Gasteiger partial charge in [0.1, 0.15) is 0 Å². The van der Waals surface area contributed by atoms with Crippen LogP contribution in [0.3, 0.4) is 0 Å². The van der Waals surface area contributed by atoms with Crippen molar-refractivity contribution in [2.24, 2.45) is 0 Å². The van der Waals surface area contributed by atoms with Crippen LogP contribution in [0.25, 0.3) is 0 Å². The van der Waals surface area contributed by atoms with E-state index in [2.05, 4.69) is 49.9 Å². The highest BCUT2D eigenvalue weighted by Crippen LogP contribution is 2.41. The molecule has 0 aliphatic carbocycles. The second-order valence-electron chi connectivity index (χ2n) is 4.34. The Balaban J connectivity index is 0.000000980. The lowest BCUT2D eigenvalue weighted by molar-refractivity contribution is 0.534. The standard InChI is InChI=1S/C11H15NS.H2S/c1-11(2,3)12-8-13-10-7-5-4-6-9(10)12;/h4-7H,8H2,1-3H3;1H2. The molecule has 1 aliphatic heterocycles. The molecule has 0 radical (unpaired) electrons. The number of fused-ring (bicyclic) bond motifs is 1. The largest absolute Gasteiger partial charge is 0.356 e. The van der Waals surface area contributed by atoms with Crippen LogP contribution < -0.4 is 4.90 Å². The number of hydrogen-bond donors (Lipinski definition) is 0. The van der Waals surface area contributed by atoms with Crippen LogP contribution in [0.15, 0.2) is 29.2 Å². The molecule has 0 N–H and O–H groups in total. The van der Waals surface area contributed by atoms with Crippen LogP contribution in [0.2, 0.25) is 0 Å². The summed E-state index contributed by atoms with van der Waals surface area (Å²) in [5, 5.41) is 0. The molecule has 14 heavy (non-hydrogen) atoms. The van der Waals surface area contributed by atoms with Gasteiger partial charge in [-0.1, -0.05) is 12.1 Å². The molecule has 0 saturated heterocycles. The molecular weight excluding hydrogens is 210 g/mol. The topological polar surface area (TPSA) is 3.24 Å². The molecule has 1 aromatic carbocycles. The molecule has 0 aromatic heterocycles. The molecular formula is C11H17NS2. The SMILES string of the molecule is CC(C)(C)N1CSc2ccccc21.S. The van der Waals surface area contributed by atoms with Crippen LogP contribution >= 0.6 is 25.3 Å². The maximum Gasteiger partial charge on any atom is 0.0692 e. The second kappa shape index (κ2) is 4.07. The van der Waals surface area contributed by atoms with Gasteiger partial charge in [0.05, 0.1) is 11.6 Å². The minimum Gasteiger partial charge on any atom is -0.356 e. The number of benzene rings is 1. The van der Waals surface area contributed by atoms with Gasteiger partial charge in [0, 0.05) is 10.4 Å². The quantitative estimate of drug-likeness (QED) is 0.667. The Morgan fingerprint density at radius 2 is 1.86 bits per heavy atom. The number of thioether (sulfide) groups is 1. The summed E-state index contributed by atoms with van der Waals surface area (Å²) in [5.74, 6) is 1.09. The van der Waals surface area contributed by atoms with Crippen molar-refractivity contribution in [1.82, 2.24) is 0 Å². The lowest BCUT2D eigenvalue weighted by Gasteiger charge is -2.33. The maximum atomic E-state index is 2.45. The minimum absolute atomic E-state index is 0. The summed E-state index contributed by atoms with van der Waals surface area (Å²) in [6.07, 6.45) is 0. The fourth-order valence-corrected chi connectivity index (χ4v) is 2.86. The molecule has 0 spiro atoms. The highest BCUT2D eigenvalue weighted by molar-refractivity contribution is 7.99. The Morgan fingerprint density at radius 3 is 2.50 bits per heavy atom. The third-order valence-corrected chi connectivity index (χ3v) is 3.36. The molecule has 1 heterocycles. The summed E-state index contributed by atoms with van der Waals surface area (Å²) in [5.41, 5.74) is 1.62. The lowest BCUT2D eigenvalue weighted by Crippen LogP contribution is -2.39. The predicted molar refractivity (Wildman–Crippen MR) is 69.8 cm³/mol. The molecule has 1 aliphatic rings. The van der Waals surface area contributed by atoms with Crippen molar-refractivity contribution in [3.63, 3.8) is 0 Å². The van der Waals surface area contributed by atoms with Gasteiger partial charge in [-0.05, 0) is 32.9 Å². The van der Waals surface area contributed by atoms with Gasteiger partial charge in [-0.3, -0.25) is 0 Å². The molecule has 0 bridgehead atoms. The van der Waals surface area contributed by atoms with Gasteiger partial charge < -0.3 is 4.90 Å². The fraction of sp³-hybridized carbons (Fsp3) is 0.455. The van der Waals surface area contributed by atoms with Crippen molar-refractivity contribution in [3.05, 3.63) is 24.3 Å². The van der Waals surface area contributed by atoms with E-state index in [0.717, 1.165) is 5.88 Å². The van der Waals surface area contributed by atoms with Gasteiger partial charge >= 0.3 is 0 Å². The highest BCUT2D eigenvalue weighted by atomic mass is 32.2. The van der Waals surface area contributed by atoms with Gasteiger partial charge in [-0.2, -0.15) is 13.5 Å². The Labute approximate surface area is 97.3 Å². The highest BCUT2D eigenvalue weighted by Gasteiger charge is 2.28. The van der Waals surface area contributed by atoms with Crippen LogP contribution in [-0.4, -0.2) is 11.4 Å². The predicted octanol–water partition coefficient (Wildman–Crippen LogP) is 3.47. The number of rotatable bonds is 0. The summed E-state index contributed by atoms with van der Waals surface area (Å²) >= 11 is 1.93. The second-order valence-corrected chi connectivity index (χ2v) is 5.33. The van der Waals surface area contributed by atoms with Crippen LogP contribution in [0.4, 0.5) is 5.69 Å². The van der Waals surface area contributed by atoms with Gasteiger partial charge in [-0.15, -0.1) is 11.8 Å². The molecule has 2 rings (SSSR count). The van der Waals surface area contributed by atoms with Crippen molar-refractivity contribution in [3.8, 4) is 0 Å². The first-order valence-corrected chi connectivity index (χ1v) is 5.57.